The van der Waals surface area contributed by atoms with E-state index in [1.165, 1.54) is 83.8 Å². The zero-order valence-electron chi connectivity index (χ0n) is 38.4. The molecule has 0 unspecified atom stereocenters. The number of anilines is 6. The maximum Gasteiger partial charge on any atom is 0.252 e. The Morgan fingerprint density at radius 2 is 1.11 bits per heavy atom. The molecule has 12 rings (SSSR count). The van der Waals surface area contributed by atoms with Gasteiger partial charge in [0.1, 0.15) is 11.2 Å². The van der Waals surface area contributed by atoms with Crippen LogP contribution in [0.3, 0.4) is 0 Å². The third-order valence-electron chi connectivity index (χ3n) is 14.6. The van der Waals surface area contributed by atoms with E-state index in [4.69, 9.17) is 4.42 Å². The molecule has 0 atom stereocenters. The van der Waals surface area contributed by atoms with Crippen LogP contribution in [-0.4, -0.2) is 6.71 Å². The van der Waals surface area contributed by atoms with Crippen molar-refractivity contribution in [1.82, 2.24) is 0 Å². The predicted octanol–water partition coefficient (Wildman–Crippen LogP) is 14.5. The van der Waals surface area contributed by atoms with E-state index >= 15 is 0 Å². The molecule has 0 bridgehead atoms. The first-order valence-electron chi connectivity index (χ1n) is 23.0. The van der Waals surface area contributed by atoms with E-state index in [2.05, 4.69) is 224 Å². The summed E-state index contributed by atoms with van der Waals surface area (Å²) in [6.07, 6.45) is 0. The summed E-state index contributed by atoms with van der Waals surface area (Å²) < 4.78 is 6.52. The lowest BCUT2D eigenvalue weighted by Crippen LogP contribution is -2.61. The molecular formula is C60H53BN2O. The van der Waals surface area contributed by atoms with E-state index in [9.17, 15) is 0 Å². The van der Waals surface area contributed by atoms with E-state index in [1.807, 2.05) is 6.07 Å². The highest BCUT2D eigenvalue weighted by Crippen LogP contribution is 2.52. The predicted molar refractivity (Wildman–Crippen MR) is 273 cm³/mol. The highest BCUT2D eigenvalue weighted by molar-refractivity contribution is 7.00. The van der Waals surface area contributed by atoms with Gasteiger partial charge in [-0.05, 0) is 133 Å². The largest absolute Gasteiger partial charge is 0.455 e. The van der Waals surface area contributed by atoms with Gasteiger partial charge in [-0.2, -0.15) is 0 Å². The SMILES string of the molecule is Cc1cc2c3c(c1)N(c1ccc(-c4cccc5c4oc4ccccc45)cc1)c1cc(C(C)(C)C)ccc1B3c1cc(C(C)(C)C)ccc1N2c1ccc2c(c1)C(C)(C)c1ccccc1-2. The molecule has 3 nitrogen and oxygen atoms in total. The van der Waals surface area contributed by atoms with Crippen molar-refractivity contribution in [1.29, 1.82) is 0 Å². The summed E-state index contributed by atoms with van der Waals surface area (Å²) in [4.78, 5) is 5.13. The summed E-state index contributed by atoms with van der Waals surface area (Å²) in [6.45, 7) is 21.1. The lowest BCUT2D eigenvalue weighted by Gasteiger charge is -2.45. The molecule has 1 aliphatic carbocycles. The van der Waals surface area contributed by atoms with Gasteiger partial charge in [0, 0.05) is 55.9 Å². The Labute approximate surface area is 378 Å². The van der Waals surface area contributed by atoms with Gasteiger partial charge in [-0.25, -0.2) is 0 Å². The Morgan fingerprint density at radius 1 is 0.484 bits per heavy atom. The second-order valence-corrected chi connectivity index (χ2v) is 21.1. The van der Waals surface area contributed by atoms with Crippen LogP contribution in [0.5, 0.6) is 0 Å². The highest BCUT2D eigenvalue weighted by atomic mass is 16.3. The van der Waals surface area contributed by atoms with Crippen LogP contribution in [0, 0.1) is 6.92 Å². The second-order valence-electron chi connectivity index (χ2n) is 21.1. The average molecular weight is 829 g/mol. The number of aryl methyl sites for hydroxylation is 1. The van der Waals surface area contributed by atoms with Crippen molar-refractivity contribution in [3.63, 3.8) is 0 Å². The number of fused-ring (bicyclic) bond motifs is 10. The number of hydrogen-bond donors (Lipinski definition) is 0. The summed E-state index contributed by atoms with van der Waals surface area (Å²) in [5.74, 6) is 0. The Kier molecular flexibility index (Phi) is 8.12. The maximum atomic E-state index is 6.52. The van der Waals surface area contributed by atoms with Crippen LogP contribution < -0.4 is 26.2 Å². The molecule has 312 valence electrons. The van der Waals surface area contributed by atoms with Gasteiger partial charge in [0.25, 0.3) is 6.71 Å². The molecule has 3 heterocycles. The normalized spacial score (nSPS) is 14.7. The molecule has 1 aromatic heterocycles. The number of hydrogen-bond acceptors (Lipinski definition) is 3. The van der Waals surface area contributed by atoms with E-state index in [0.717, 1.165) is 38.8 Å². The molecule has 2 aliphatic heterocycles. The molecular weight excluding hydrogens is 775 g/mol. The van der Waals surface area contributed by atoms with Crippen LogP contribution in [0.15, 0.2) is 162 Å². The van der Waals surface area contributed by atoms with E-state index in [-0.39, 0.29) is 23.0 Å². The first-order valence-corrected chi connectivity index (χ1v) is 23.0. The third-order valence-corrected chi connectivity index (χ3v) is 14.6. The topological polar surface area (TPSA) is 19.6 Å². The van der Waals surface area contributed by atoms with Gasteiger partial charge >= 0.3 is 0 Å². The monoisotopic (exact) mass is 828 g/mol. The molecule has 0 amide bonds. The molecule has 0 spiro atoms. The van der Waals surface area contributed by atoms with Crippen molar-refractivity contribution < 1.29 is 4.42 Å². The summed E-state index contributed by atoms with van der Waals surface area (Å²) in [6, 6.07) is 59.7. The fourth-order valence-electron chi connectivity index (χ4n) is 11.2. The Morgan fingerprint density at radius 3 is 1.88 bits per heavy atom. The molecule has 0 saturated heterocycles. The lowest BCUT2D eigenvalue weighted by atomic mass is 9.33. The van der Waals surface area contributed by atoms with Crippen LogP contribution in [0.1, 0.15) is 83.2 Å². The fourth-order valence-corrected chi connectivity index (χ4v) is 11.2. The summed E-state index contributed by atoms with van der Waals surface area (Å²) in [5, 5.41) is 2.29. The van der Waals surface area contributed by atoms with Crippen LogP contribution in [0.4, 0.5) is 34.1 Å². The molecule has 0 radical (unpaired) electrons. The van der Waals surface area contributed by atoms with Gasteiger partial charge in [-0.15, -0.1) is 0 Å². The Hall–Kier alpha value is -6.78. The molecule has 0 saturated carbocycles. The molecule has 4 heteroatoms. The van der Waals surface area contributed by atoms with Crippen molar-refractivity contribution in [3.05, 3.63) is 186 Å². The van der Waals surface area contributed by atoms with Gasteiger partial charge < -0.3 is 14.2 Å². The van der Waals surface area contributed by atoms with Gasteiger partial charge in [-0.1, -0.05) is 159 Å². The van der Waals surface area contributed by atoms with E-state index in [1.54, 1.807) is 0 Å². The van der Waals surface area contributed by atoms with E-state index in [0.29, 0.717) is 0 Å². The third kappa shape index (κ3) is 5.60. The number of benzene rings is 8. The quantitative estimate of drug-likeness (QED) is 0.165. The van der Waals surface area contributed by atoms with E-state index < -0.39 is 0 Å². The Balaban J connectivity index is 1.09. The minimum absolute atomic E-state index is 0.0202. The average Bonchev–Trinajstić information content (AvgIpc) is 3.77. The highest BCUT2D eigenvalue weighted by Gasteiger charge is 2.45. The molecule has 3 aliphatic rings. The molecule has 8 aromatic carbocycles. The molecule has 64 heavy (non-hydrogen) atoms. The van der Waals surface area contributed by atoms with Crippen LogP contribution >= 0.6 is 0 Å². The van der Waals surface area contributed by atoms with Gasteiger partial charge in [0.05, 0.1) is 0 Å². The van der Waals surface area contributed by atoms with Crippen molar-refractivity contribution in [2.75, 3.05) is 9.80 Å². The zero-order chi connectivity index (χ0) is 44.0. The summed E-state index contributed by atoms with van der Waals surface area (Å²) in [7, 11) is 0. The number of nitrogens with zero attached hydrogens (tertiary/aromatic N) is 2. The smallest absolute Gasteiger partial charge is 0.252 e. The number of furan rings is 1. The zero-order valence-corrected chi connectivity index (χ0v) is 38.4. The number of rotatable bonds is 3. The van der Waals surface area contributed by atoms with Crippen LogP contribution in [0.2, 0.25) is 0 Å². The van der Waals surface area contributed by atoms with Gasteiger partial charge in [-0.3, -0.25) is 0 Å². The van der Waals surface area contributed by atoms with Crippen LogP contribution in [0.25, 0.3) is 44.2 Å². The van der Waals surface area contributed by atoms with Crippen molar-refractivity contribution in [3.8, 4) is 22.3 Å². The molecule has 0 N–H and O–H groups in total. The van der Waals surface area contributed by atoms with Crippen molar-refractivity contribution >= 4 is 79.2 Å². The standard InChI is InChI=1S/C60H53BN2O/c1-36-31-53-56-54(32-36)63(41-27-28-44-43-15-10-12-19-47(43)60(8,9)48(44)35-41)51-30-24-38(58(2,3)4)33-50(51)61(56)49-29-23-39(59(5,6)7)34-52(49)62(53)40-25-21-37(22-26-40)42-17-14-18-46-45-16-11-13-20-55(45)64-57(42)46/h10-35H,1-9H3. The lowest BCUT2D eigenvalue weighted by molar-refractivity contribution is 0.590. The minimum Gasteiger partial charge on any atom is -0.455 e. The minimum atomic E-state index is -0.117. The molecule has 0 fully saturated rings. The first kappa shape index (κ1) is 38.9. The summed E-state index contributed by atoms with van der Waals surface area (Å²) >= 11 is 0. The molecule has 9 aromatic rings. The van der Waals surface area contributed by atoms with Gasteiger partial charge in [0.2, 0.25) is 0 Å². The maximum absolute atomic E-state index is 6.52. The van der Waals surface area contributed by atoms with Crippen molar-refractivity contribution in [2.24, 2.45) is 0 Å². The first-order chi connectivity index (χ1) is 30.7. The Bertz CT molecular complexity index is 3410. The number of para-hydroxylation sites is 2. The van der Waals surface area contributed by atoms with Crippen molar-refractivity contribution in [2.45, 2.75) is 78.6 Å². The van der Waals surface area contributed by atoms with Crippen LogP contribution in [-0.2, 0) is 16.2 Å². The fraction of sp³-hybridized carbons (Fsp3) is 0.200. The summed E-state index contributed by atoms with van der Waals surface area (Å²) in [5.41, 5.74) is 24.6. The van der Waals surface area contributed by atoms with Gasteiger partial charge in [0.15, 0.2) is 0 Å². The second kappa shape index (κ2) is 13.4.